The predicted octanol–water partition coefficient (Wildman–Crippen LogP) is 3.31. The van der Waals surface area contributed by atoms with Crippen LogP contribution in [0.3, 0.4) is 0 Å². The van der Waals surface area contributed by atoms with Crippen LogP contribution in [0.4, 0.5) is 0 Å². The van der Waals surface area contributed by atoms with Crippen molar-refractivity contribution < 1.29 is 4.74 Å². The summed E-state index contributed by atoms with van der Waals surface area (Å²) in [5.74, 6) is 1.83. The lowest BCUT2D eigenvalue weighted by molar-refractivity contribution is 0.119. The van der Waals surface area contributed by atoms with Gasteiger partial charge >= 0.3 is 0 Å². The molecule has 1 fully saturated rings. The zero-order valence-electron chi connectivity index (χ0n) is 12.9. The molecule has 21 heavy (non-hydrogen) atoms. The number of ether oxygens (including phenoxy) is 1. The van der Waals surface area contributed by atoms with Gasteiger partial charge in [0.05, 0.1) is 12.6 Å². The Kier molecular flexibility index (Phi) is 8.49. The summed E-state index contributed by atoms with van der Waals surface area (Å²) in [4.78, 5) is 4.60. The van der Waals surface area contributed by atoms with Crippen LogP contribution in [0.15, 0.2) is 29.3 Å². The van der Waals surface area contributed by atoms with Gasteiger partial charge in [-0.05, 0) is 39.2 Å². The first-order chi connectivity index (χ1) is 9.83. The van der Waals surface area contributed by atoms with Gasteiger partial charge in [0.25, 0.3) is 0 Å². The Labute approximate surface area is 144 Å². The fourth-order valence-corrected chi connectivity index (χ4v) is 2.09. The van der Waals surface area contributed by atoms with Crippen molar-refractivity contribution in [3.8, 4) is 5.75 Å². The maximum atomic E-state index is 6.02. The molecule has 1 saturated carbocycles. The largest absolute Gasteiger partial charge is 0.490 e. The second-order valence-electron chi connectivity index (χ2n) is 5.00. The van der Waals surface area contributed by atoms with Crippen LogP contribution in [0.2, 0.25) is 0 Å². The maximum Gasteiger partial charge on any atom is 0.191 e. The summed E-state index contributed by atoms with van der Waals surface area (Å²) in [6, 6.07) is 8.20. The minimum absolute atomic E-state index is 0. The monoisotopic (exact) mass is 403 g/mol. The van der Waals surface area contributed by atoms with Crippen LogP contribution in [0, 0.1) is 0 Å². The molecular formula is C16H26IN3O. The second kappa shape index (κ2) is 9.87. The molecule has 0 amide bonds. The molecule has 0 atom stereocenters. The maximum absolute atomic E-state index is 6.02. The number of hydrogen-bond donors (Lipinski definition) is 2. The van der Waals surface area contributed by atoms with Crippen molar-refractivity contribution in [2.45, 2.75) is 45.8 Å². The van der Waals surface area contributed by atoms with Gasteiger partial charge in [-0.25, -0.2) is 4.99 Å². The molecule has 0 aromatic heterocycles. The summed E-state index contributed by atoms with van der Waals surface area (Å²) in [6.45, 7) is 6.51. The van der Waals surface area contributed by atoms with E-state index in [9.17, 15) is 0 Å². The van der Waals surface area contributed by atoms with Crippen LogP contribution in [-0.2, 0) is 6.54 Å². The molecule has 0 saturated heterocycles. The zero-order valence-corrected chi connectivity index (χ0v) is 15.2. The Bertz CT molecular complexity index is 439. The highest BCUT2D eigenvalue weighted by molar-refractivity contribution is 14.0. The van der Waals surface area contributed by atoms with Crippen LogP contribution < -0.4 is 15.4 Å². The van der Waals surface area contributed by atoms with E-state index in [0.717, 1.165) is 30.4 Å². The SMILES string of the molecule is CCNC(=NCc1ccccc1OC1CCC1)NCC.I. The van der Waals surface area contributed by atoms with Crippen molar-refractivity contribution in [3.63, 3.8) is 0 Å². The molecule has 5 heteroatoms. The summed E-state index contributed by atoms with van der Waals surface area (Å²) in [5.41, 5.74) is 1.15. The van der Waals surface area contributed by atoms with Crippen LogP contribution in [0.5, 0.6) is 5.75 Å². The molecule has 1 aliphatic rings. The van der Waals surface area contributed by atoms with E-state index in [-0.39, 0.29) is 24.0 Å². The van der Waals surface area contributed by atoms with Gasteiger partial charge in [0.1, 0.15) is 5.75 Å². The van der Waals surface area contributed by atoms with E-state index in [0.29, 0.717) is 12.6 Å². The standard InChI is InChI=1S/C16H25N3O.HI/c1-3-17-16(18-4-2)19-12-13-8-5-6-11-15(13)20-14-9-7-10-14;/h5-6,8,11,14H,3-4,7,9-10,12H2,1-2H3,(H2,17,18,19);1H. The third kappa shape index (κ3) is 5.73. The molecule has 2 N–H and O–H groups in total. The first kappa shape index (κ1) is 18.1. The van der Waals surface area contributed by atoms with E-state index in [1.165, 1.54) is 19.3 Å². The Morgan fingerprint density at radius 1 is 1.19 bits per heavy atom. The van der Waals surface area contributed by atoms with Crippen LogP contribution in [0.1, 0.15) is 38.7 Å². The number of nitrogens with zero attached hydrogens (tertiary/aromatic N) is 1. The predicted molar refractivity (Wildman–Crippen MR) is 98.6 cm³/mol. The van der Waals surface area contributed by atoms with Gasteiger partial charge in [-0.2, -0.15) is 0 Å². The average Bonchev–Trinajstić information content (AvgIpc) is 2.42. The molecule has 0 bridgehead atoms. The van der Waals surface area contributed by atoms with Gasteiger partial charge in [0, 0.05) is 18.7 Å². The van der Waals surface area contributed by atoms with E-state index in [1.54, 1.807) is 0 Å². The molecule has 0 radical (unpaired) electrons. The van der Waals surface area contributed by atoms with E-state index >= 15 is 0 Å². The minimum Gasteiger partial charge on any atom is -0.490 e. The quantitative estimate of drug-likeness (QED) is 0.435. The van der Waals surface area contributed by atoms with E-state index in [1.807, 2.05) is 18.2 Å². The summed E-state index contributed by atoms with van der Waals surface area (Å²) >= 11 is 0. The van der Waals surface area contributed by atoms with Crippen LogP contribution >= 0.6 is 24.0 Å². The molecule has 1 aliphatic carbocycles. The number of benzene rings is 1. The molecule has 0 aliphatic heterocycles. The number of halogens is 1. The summed E-state index contributed by atoms with van der Waals surface area (Å²) in [7, 11) is 0. The lowest BCUT2D eigenvalue weighted by atomic mass is 9.96. The molecule has 1 aromatic carbocycles. The van der Waals surface area contributed by atoms with Gasteiger partial charge in [0.2, 0.25) is 0 Å². The molecule has 118 valence electrons. The number of aliphatic imine (C=N–C) groups is 1. The minimum atomic E-state index is 0. The van der Waals surface area contributed by atoms with Crippen molar-refractivity contribution in [2.24, 2.45) is 4.99 Å². The highest BCUT2D eigenvalue weighted by Gasteiger charge is 2.19. The van der Waals surface area contributed by atoms with Crippen molar-refractivity contribution in [2.75, 3.05) is 13.1 Å². The van der Waals surface area contributed by atoms with Crippen molar-refractivity contribution in [3.05, 3.63) is 29.8 Å². The van der Waals surface area contributed by atoms with Gasteiger partial charge in [-0.1, -0.05) is 18.2 Å². The lowest BCUT2D eigenvalue weighted by Gasteiger charge is -2.27. The Balaban J connectivity index is 0.00000220. The number of hydrogen-bond acceptors (Lipinski definition) is 2. The molecular weight excluding hydrogens is 377 g/mol. The topological polar surface area (TPSA) is 45.7 Å². The van der Waals surface area contributed by atoms with Crippen LogP contribution in [0.25, 0.3) is 0 Å². The summed E-state index contributed by atoms with van der Waals surface area (Å²) in [6.07, 6.45) is 4.05. The van der Waals surface area contributed by atoms with Gasteiger partial charge < -0.3 is 15.4 Å². The molecule has 1 aromatic rings. The second-order valence-corrected chi connectivity index (χ2v) is 5.00. The Hall–Kier alpha value is -0.980. The van der Waals surface area contributed by atoms with Crippen molar-refractivity contribution in [1.82, 2.24) is 10.6 Å². The Morgan fingerprint density at radius 3 is 2.43 bits per heavy atom. The number of guanidine groups is 1. The number of rotatable bonds is 6. The summed E-state index contributed by atoms with van der Waals surface area (Å²) < 4.78 is 6.02. The third-order valence-corrected chi connectivity index (χ3v) is 3.41. The first-order valence-electron chi connectivity index (χ1n) is 7.60. The van der Waals surface area contributed by atoms with Gasteiger partial charge in [0.15, 0.2) is 5.96 Å². The number of para-hydroxylation sites is 1. The van der Waals surface area contributed by atoms with Crippen molar-refractivity contribution in [1.29, 1.82) is 0 Å². The highest BCUT2D eigenvalue weighted by atomic mass is 127. The van der Waals surface area contributed by atoms with E-state index in [4.69, 9.17) is 4.74 Å². The molecule has 0 spiro atoms. The smallest absolute Gasteiger partial charge is 0.191 e. The fourth-order valence-electron chi connectivity index (χ4n) is 2.09. The zero-order chi connectivity index (χ0) is 14.2. The first-order valence-corrected chi connectivity index (χ1v) is 7.60. The summed E-state index contributed by atoms with van der Waals surface area (Å²) in [5, 5.41) is 6.47. The number of nitrogens with one attached hydrogen (secondary N) is 2. The molecule has 0 unspecified atom stereocenters. The fraction of sp³-hybridized carbons (Fsp3) is 0.562. The molecule has 4 nitrogen and oxygen atoms in total. The van der Waals surface area contributed by atoms with E-state index in [2.05, 4.69) is 35.5 Å². The highest BCUT2D eigenvalue weighted by Crippen LogP contribution is 2.27. The molecule has 2 rings (SSSR count). The van der Waals surface area contributed by atoms with Crippen LogP contribution in [-0.4, -0.2) is 25.2 Å². The Morgan fingerprint density at radius 2 is 1.86 bits per heavy atom. The normalized spacial score (nSPS) is 13.6. The van der Waals surface area contributed by atoms with E-state index < -0.39 is 0 Å². The lowest BCUT2D eigenvalue weighted by Crippen LogP contribution is -2.37. The average molecular weight is 403 g/mol. The van der Waals surface area contributed by atoms with Crippen molar-refractivity contribution >= 4 is 29.9 Å². The van der Waals surface area contributed by atoms with Gasteiger partial charge in [-0.3, -0.25) is 0 Å². The molecule has 0 heterocycles. The third-order valence-electron chi connectivity index (χ3n) is 3.41. The van der Waals surface area contributed by atoms with Gasteiger partial charge in [-0.15, -0.1) is 24.0 Å².